The average Bonchev–Trinajstić information content (AvgIpc) is 1.87. The van der Waals surface area contributed by atoms with Crippen molar-refractivity contribution in [1.82, 2.24) is 0 Å². The summed E-state index contributed by atoms with van der Waals surface area (Å²) in [6.07, 6.45) is 0.461. The number of carboxylic acids is 1. The van der Waals surface area contributed by atoms with Gasteiger partial charge in [-0.05, 0) is 12.3 Å². The molecular weight excluding hydrogens is 146 g/mol. The zero-order valence-corrected chi connectivity index (χ0v) is 6.91. The first-order valence-corrected chi connectivity index (χ1v) is 3.55. The average molecular weight is 161 g/mol. The van der Waals surface area contributed by atoms with Gasteiger partial charge in [-0.25, -0.2) is 0 Å². The van der Waals surface area contributed by atoms with Crippen LogP contribution in [0.1, 0.15) is 13.3 Å². The summed E-state index contributed by atoms with van der Waals surface area (Å²) < 4.78 is 4.84. The molecule has 0 heterocycles. The fourth-order valence-electron chi connectivity index (χ4n) is 0.887. The van der Waals surface area contributed by atoms with Crippen LogP contribution in [0.15, 0.2) is 0 Å². The van der Waals surface area contributed by atoms with Gasteiger partial charge in [-0.3, -0.25) is 4.79 Å². The molecule has 3 N–H and O–H groups in total. The number of rotatable bonds is 5. The Hall–Kier alpha value is -0.610. The van der Waals surface area contributed by atoms with Gasteiger partial charge in [-0.1, -0.05) is 6.92 Å². The summed E-state index contributed by atoms with van der Waals surface area (Å²) in [5.74, 6) is -0.751. The Kier molecular flexibility index (Phi) is 4.81. The fraction of sp³-hybridized carbons (Fsp3) is 0.857. The fourth-order valence-corrected chi connectivity index (χ4v) is 0.887. The first-order chi connectivity index (χ1) is 5.07. The Morgan fingerprint density at radius 3 is 2.64 bits per heavy atom. The minimum atomic E-state index is -0.951. The van der Waals surface area contributed by atoms with Crippen molar-refractivity contribution in [3.63, 3.8) is 0 Å². The molecule has 11 heavy (non-hydrogen) atoms. The van der Waals surface area contributed by atoms with Crippen LogP contribution in [-0.2, 0) is 9.53 Å². The molecule has 0 saturated heterocycles. The molecule has 0 amide bonds. The number of aliphatic carboxylic acids is 1. The SMILES string of the molecule is COC[C@@H](C)C[C@@H](N)C(=O)O. The normalized spacial score (nSPS) is 15.9. The zero-order valence-electron chi connectivity index (χ0n) is 6.91. The van der Waals surface area contributed by atoms with Crippen LogP contribution in [0.2, 0.25) is 0 Å². The summed E-state index contributed by atoms with van der Waals surface area (Å²) in [4.78, 5) is 10.3. The van der Waals surface area contributed by atoms with Gasteiger partial charge in [-0.2, -0.15) is 0 Å². The van der Waals surface area contributed by atoms with Crippen molar-refractivity contribution in [3.8, 4) is 0 Å². The van der Waals surface area contributed by atoms with E-state index in [0.29, 0.717) is 13.0 Å². The lowest BCUT2D eigenvalue weighted by Gasteiger charge is -2.12. The number of nitrogens with two attached hydrogens (primary N) is 1. The van der Waals surface area contributed by atoms with Gasteiger partial charge in [0.25, 0.3) is 0 Å². The molecule has 0 fully saturated rings. The van der Waals surface area contributed by atoms with E-state index >= 15 is 0 Å². The van der Waals surface area contributed by atoms with Crippen LogP contribution in [0.5, 0.6) is 0 Å². The highest BCUT2D eigenvalue weighted by molar-refractivity contribution is 5.72. The Bertz CT molecular complexity index is 127. The Morgan fingerprint density at radius 2 is 2.27 bits per heavy atom. The van der Waals surface area contributed by atoms with E-state index in [9.17, 15) is 4.79 Å². The Balaban J connectivity index is 3.56. The van der Waals surface area contributed by atoms with Crippen LogP contribution in [0, 0.1) is 5.92 Å². The van der Waals surface area contributed by atoms with E-state index < -0.39 is 12.0 Å². The van der Waals surface area contributed by atoms with Gasteiger partial charge in [-0.15, -0.1) is 0 Å². The van der Waals surface area contributed by atoms with Crippen molar-refractivity contribution >= 4 is 5.97 Å². The van der Waals surface area contributed by atoms with Crippen molar-refractivity contribution in [2.75, 3.05) is 13.7 Å². The molecule has 4 heteroatoms. The summed E-state index contributed by atoms with van der Waals surface area (Å²) in [6.45, 7) is 2.47. The van der Waals surface area contributed by atoms with Crippen LogP contribution in [0.3, 0.4) is 0 Å². The highest BCUT2D eigenvalue weighted by Gasteiger charge is 2.14. The topological polar surface area (TPSA) is 72.5 Å². The molecule has 0 aromatic rings. The zero-order chi connectivity index (χ0) is 8.85. The maximum atomic E-state index is 10.3. The van der Waals surface area contributed by atoms with Crippen LogP contribution in [0.4, 0.5) is 0 Å². The number of ether oxygens (including phenoxy) is 1. The molecule has 0 aliphatic rings. The van der Waals surface area contributed by atoms with Gasteiger partial charge >= 0.3 is 5.97 Å². The van der Waals surface area contributed by atoms with E-state index in [4.69, 9.17) is 15.6 Å². The molecule has 0 saturated carbocycles. The quantitative estimate of drug-likeness (QED) is 0.598. The molecule has 4 nitrogen and oxygen atoms in total. The first-order valence-electron chi connectivity index (χ1n) is 3.55. The summed E-state index contributed by atoms with van der Waals surface area (Å²) in [5, 5.41) is 8.43. The molecule has 0 rings (SSSR count). The number of methoxy groups -OCH3 is 1. The molecule has 0 spiro atoms. The van der Waals surface area contributed by atoms with Gasteiger partial charge in [0, 0.05) is 13.7 Å². The molecular formula is C7H15NO3. The highest BCUT2D eigenvalue weighted by atomic mass is 16.5. The lowest BCUT2D eigenvalue weighted by Crippen LogP contribution is -2.32. The lowest BCUT2D eigenvalue weighted by atomic mass is 10.0. The number of hydrogen-bond donors (Lipinski definition) is 2. The lowest BCUT2D eigenvalue weighted by molar-refractivity contribution is -0.139. The first kappa shape index (κ1) is 10.4. The predicted molar refractivity (Wildman–Crippen MR) is 41.3 cm³/mol. The summed E-state index contributed by atoms with van der Waals surface area (Å²) in [7, 11) is 1.59. The molecule has 0 bridgehead atoms. The van der Waals surface area contributed by atoms with E-state index in [1.165, 1.54) is 0 Å². The van der Waals surface area contributed by atoms with E-state index in [0.717, 1.165) is 0 Å². The van der Waals surface area contributed by atoms with E-state index in [-0.39, 0.29) is 5.92 Å². The minimum absolute atomic E-state index is 0.200. The van der Waals surface area contributed by atoms with Crippen LogP contribution in [-0.4, -0.2) is 30.8 Å². The van der Waals surface area contributed by atoms with E-state index in [1.54, 1.807) is 7.11 Å². The van der Waals surface area contributed by atoms with Crippen LogP contribution < -0.4 is 5.73 Å². The molecule has 0 unspecified atom stereocenters. The monoisotopic (exact) mass is 161 g/mol. The molecule has 0 radical (unpaired) electrons. The summed E-state index contributed by atoms with van der Waals surface area (Å²) >= 11 is 0. The van der Waals surface area contributed by atoms with Crippen LogP contribution in [0.25, 0.3) is 0 Å². The van der Waals surface area contributed by atoms with Gasteiger partial charge in [0.1, 0.15) is 6.04 Å². The molecule has 0 aliphatic heterocycles. The Morgan fingerprint density at radius 1 is 1.73 bits per heavy atom. The van der Waals surface area contributed by atoms with Crippen molar-refractivity contribution in [2.45, 2.75) is 19.4 Å². The third-order valence-corrected chi connectivity index (χ3v) is 1.42. The summed E-state index contributed by atoms with van der Waals surface area (Å²) in [5.41, 5.74) is 5.29. The van der Waals surface area contributed by atoms with Crippen LogP contribution >= 0.6 is 0 Å². The minimum Gasteiger partial charge on any atom is -0.480 e. The second-order valence-electron chi connectivity index (χ2n) is 2.74. The standard InChI is InChI=1S/C7H15NO3/c1-5(4-11-2)3-6(8)7(9)10/h5-6H,3-4,8H2,1-2H3,(H,9,10)/t5-,6+/m0/s1. The molecule has 0 aromatic carbocycles. The smallest absolute Gasteiger partial charge is 0.320 e. The summed E-state index contributed by atoms with van der Waals surface area (Å²) in [6, 6.07) is -0.764. The third kappa shape index (κ3) is 4.75. The molecule has 0 aromatic heterocycles. The van der Waals surface area contributed by atoms with Crippen molar-refractivity contribution in [3.05, 3.63) is 0 Å². The second kappa shape index (κ2) is 5.09. The van der Waals surface area contributed by atoms with Crippen molar-refractivity contribution in [1.29, 1.82) is 0 Å². The second-order valence-corrected chi connectivity index (χ2v) is 2.74. The number of carbonyl (C=O) groups is 1. The van der Waals surface area contributed by atoms with Gasteiger partial charge in [0.05, 0.1) is 0 Å². The Labute approximate surface area is 66.3 Å². The number of hydrogen-bond acceptors (Lipinski definition) is 3. The van der Waals surface area contributed by atoms with Gasteiger partial charge < -0.3 is 15.6 Å². The molecule has 66 valence electrons. The molecule has 2 atom stereocenters. The van der Waals surface area contributed by atoms with Crippen molar-refractivity contribution in [2.24, 2.45) is 11.7 Å². The van der Waals surface area contributed by atoms with Gasteiger partial charge in [0.2, 0.25) is 0 Å². The largest absolute Gasteiger partial charge is 0.480 e. The van der Waals surface area contributed by atoms with E-state index in [1.807, 2.05) is 6.92 Å². The maximum absolute atomic E-state index is 10.3. The predicted octanol–water partition coefficient (Wildman–Crippen LogP) is 0.0709. The van der Waals surface area contributed by atoms with Gasteiger partial charge in [0.15, 0.2) is 0 Å². The molecule has 0 aliphatic carbocycles. The third-order valence-electron chi connectivity index (χ3n) is 1.42. The van der Waals surface area contributed by atoms with E-state index in [2.05, 4.69) is 0 Å². The highest BCUT2D eigenvalue weighted by Crippen LogP contribution is 2.04. The maximum Gasteiger partial charge on any atom is 0.320 e. The van der Waals surface area contributed by atoms with Crippen molar-refractivity contribution < 1.29 is 14.6 Å². The number of carboxylic acid groups (broad SMARTS) is 1.